The predicted molar refractivity (Wildman–Crippen MR) is 54.3 cm³/mol. The van der Waals surface area contributed by atoms with Crippen LogP contribution in [0.4, 0.5) is 0 Å². The first-order valence-corrected chi connectivity index (χ1v) is 5.10. The van der Waals surface area contributed by atoms with Crippen LogP contribution in [0.2, 0.25) is 0 Å². The highest BCUT2D eigenvalue weighted by Crippen LogP contribution is 2.18. The van der Waals surface area contributed by atoms with Gasteiger partial charge in [-0.05, 0) is 32.6 Å². The molecule has 0 radical (unpaired) electrons. The van der Waals surface area contributed by atoms with Gasteiger partial charge >= 0.3 is 0 Å². The van der Waals surface area contributed by atoms with E-state index >= 15 is 0 Å². The molecule has 13 heavy (non-hydrogen) atoms. The molecule has 2 nitrogen and oxygen atoms in total. The van der Waals surface area contributed by atoms with Crippen LogP contribution in [0.25, 0.3) is 0 Å². The Hall–Kier alpha value is -0.520. The zero-order chi connectivity index (χ0) is 9.68. The van der Waals surface area contributed by atoms with Crippen LogP contribution in [0.15, 0.2) is 0 Å². The SMILES string of the molecule is C#CCC(C)NC1CCC(O)CC1. The van der Waals surface area contributed by atoms with E-state index in [2.05, 4.69) is 18.2 Å². The van der Waals surface area contributed by atoms with Crippen molar-refractivity contribution in [2.75, 3.05) is 0 Å². The Bertz CT molecular complexity index is 177. The molecule has 1 atom stereocenters. The molecule has 0 bridgehead atoms. The highest BCUT2D eigenvalue weighted by Gasteiger charge is 2.19. The molecule has 1 aliphatic rings. The summed E-state index contributed by atoms with van der Waals surface area (Å²) in [4.78, 5) is 0. The number of hydrogen-bond acceptors (Lipinski definition) is 2. The normalized spacial score (nSPS) is 30.8. The van der Waals surface area contributed by atoms with Gasteiger partial charge < -0.3 is 10.4 Å². The Morgan fingerprint density at radius 2 is 2.08 bits per heavy atom. The Balaban J connectivity index is 2.19. The number of hydrogen-bond donors (Lipinski definition) is 2. The van der Waals surface area contributed by atoms with Crippen LogP contribution in [0, 0.1) is 12.3 Å². The van der Waals surface area contributed by atoms with Gasteiger partial charge in [-0.2, -0.15) is 0 Å². The maximum Gasteiger partial charge on any atom is 0.0541 e. The predicted octanol–water partition coefficient (Wildman–Crippen LogP) is 1.29. The van der Waals surface area contributed by atoms with Gasteiger partial charge in [-0.1, -0.05) is 0 Å². The number of nitrogens with one attached hydrogen (secondary N) is 1. The average Bonchev–Trinajstić information content (AvgIpc) is 2.09. The monoisotopic (exact) mass is 181 g/mol. The van der Waals surface area contributed by atoms with E-state index in [1.54, 1.807) is 0 Å². The van der Waals surface area contributed by atoms with Gasteiger partial charge in [0.25, 0.3) is 0 Å². The average molecular weight is 181 g/mol. The fourth-order valence-electron chi connectivity index (χ4n) is 1.88. The van der Waals surface area contributed by atoms with E-state index in [0.29, 0.717) is 12.1 Å². The summed E-state index contributed by atoms with van der Waals surface area (Å²) in [6, 6.07) is 0.969. The van der Waals surface area contributed by atoms with E-state index < -0.39 is 0 Å². The fourth-order valence-corrected chi connectivity index (χ4v) is 1.88. The minimum atomic E-state index is -0.0685. The smallest absolute Gasteiger partial charge is 0.0541 e. The highest BCUT2D eigenvalue weighted by molar-refractivity contribution is 4.89. The van der Waals surface area contributed by atoms with Gasteiger partial charge in [0.15, 0.2) is 0 Å². The van der Waals surface area contributed by atoms with Gasteiger partial charge in [0.05, 0.1) is 6.10 Å². The second kappa shape index (κ2) is 5.26. The third kappa shape index (κ3) is 3.80. The number of terminal acetylenes is 1. The quantitative estimate of drug-likeness (QED) is 0.643. The maximum absolute atomic E-state index is 9.30. The van der Waals surface area contributed by atoms with Gasteiger partial charge in [0.2, 0.25) is 0 Å². The molecule has 0 aliphatic heterocycles. The van der Waals surface area contributed by atoms with E-state index in [4.69, 9.17) is 6.42 Å². The largest absolute Gasteiger partial charge is 0.393 e. The summed E-state index contributed by atoms with van der Waals surface area (Å²) < 4.78 is 0. The molecule has 74 valence electrons. The van der Waals surface area contributed by atoms with Crippen LogP contribution in [0.3, 0.4) is 0 Å². The minimum Gasteiger partial charge on any atom is -0.393 e. The first-order chi connectivity index (χ1) is 6.22. The summed E-state index contributed by atoms with van der Waals surface area (Å²) in [6.45, 7) is 2.12. The minimum absolute atomic E-state index is 0.0685. The number of aliphatic hydroxyl groups is 1. The van der Waals surface area contributed by atoms with Crippen molar-refractivity contribution in [2.45, 2.75) is 57.2 Å². The highest BCUT2D eigenvalue weighted by atomic mass is 16.3. The standard InChI is InChI=1S/C11H19NO/c1-3-4-9(2)12-10-5-7-11(13)8-6-10/h1,9-13H,4-8H2,2H3. The van der Waals surface area contributed by atoms with Gasteiger partial charge in [0, 0.05) is 18.5 Å². The first kappa shape index (κ1) is 10.6. The van der Waals surface area contributed by atoms with Crippen molar-refractivity contribution in [1.82, 2.24) is 5.32 Å². The molecule has 1 aliphatic carbocycles. The molecule has 0 spiro atoms. The van der Waals surface area contributed by atoms with Gasteiger partial charge in [-0.3, -0.25) is 0 Å². The Morgan fingerprint density at radius 1 is 1.46 bits per heavy atom. The lowest BCUT2D eigenvalue weighted by atomic mass is 9.92. The fraction of sp³-hybridized carbons (Fsp3) is 0.818. The number of aliphatic hydroxyl groups excluding tert-OH is 1. The lowest BCUT2D eigenvalue weighted by Gasteiger charge is -2.28. The van der Waals surface area contributed by atoms with Crippen LogP contribution in [-0.2, 0) is 0 Å². The molecule has 0 aromatic rings. The van der Waals surface area contributed by atoms with Crippen molar-refractivity contribution < 1.29 is 5.11 Å². The van der Waals surface area contributed by atoms with Crippen molar-refractivity contribution in [3.8, 4) is 12.3 Å². The van der Waals surface area contributed by atoms with Crippen LogP contribution in [0.1, 0.15) is 39.0 Å². The summed E-state index contributed by atoms with van der Waals surface area (Å²) >= 11 is 0. The summed E-state index contributed by atoms with van der Waals surface area (Å²) in [7, 11) is 0. The van der Waals surface area contributed by atoms with Crippen molar-refractivity contribution in [3.05, 3.63) is 0 Å². The van der Waals surface area contributed by atoms with Crippen LogP contribution in [-0.4, -0.2) is 23.3 Å². The topological polar surface area (TPSA) is 32.3 Å². The van der Waals surface area contributed by atoms with Crippen molar-refractivity contribution in [1.29, 1.82) is 0 Å². The molecule has 0 aromatic carbocycles. The molecule has 0 saturated heterocycles. The Morgan fingerprint density at radius 3 is 2.62 bits per heavy atom. The zero-order valence-corrected chi connectivity index (χ0v) is 8.29. The molecule has 2 N–H and O–H groups in total. The summed E-state index contributed by atoms with van der Waals surface area (Å²) in [5.41, 5.74) is 0. The van der Waals surface area contributed by atoms with E-state index in [0.717, 1.165) is 32.1 Å². The molecule has 1 unspecified atom stereocenters. The van der Waals surface area contributed by atoms with Gasteiger partial charge in [0.1, 0.15) is 0 Å². The van der Waals surface area contributed by atoms with E-state index in [9.17, 15) is 5.11 Å². The molecule has 1 rings (SSSR count). The lowest BCUT2D eigenvalue weighted by molar-refractivity contribution is 0.114. The molecule has 2 heteroatoms. The lowest BCUT2D eigenvalue weighted by Crippen LogP contribution is -2.39. The molecular formula is C11H19NO. The molecule has 1 saturated carbocycles. The van der Waals surface area contributed by atoms with E-state index in [-0.39, 0.29) is 6.10 Å². The molecule has 0 heterocycles. The maximum atomic E-state index is 9.30. The van der Waals surface area contributed by atoms with Crippen LogP contribution >= 0.6 is 0 Å². The first-order valence-electron chi connectivity index (χ1n) is 5.10. The Kier molecular flexibility index (Phi) is 4.27. The molecule has 0 aromatic heterocycles. The summed E-state index contributed by atoms with van der Waals surface area (Å²) in [5.74, 6) is 2.65. The van der Waals surface area contributed by atoms with E-state index in [1.807, 2.05) is 0 Å². The third-order valence-corrected chi connectivity index (χ3v) is 2.64. The third-order valence-electron chi connectivity index (χ3n) is 2.64. The summed E-state index contributed by atoms with van der Waals surface area (Å²) in [5, 5.41) is 12.8. The summed E-state index contributed by atoms with van der Waals surface area (Å²) in [6.07, 6.45) is 9.97. The second-order valence-electron chi connectivity index (χ2n) is 3.98. The van der Waals surface area contributed by atoms with Gasteiger partial charge in [-0.25, -0.2) is 0 Å². The van der Waals surface area contributed by atoms with E-state index in [1.165, 1.54) is 0 Å². The van der Waals surface area contributed by atoms with Crippen molar-refractivity contribution in [2.24, 2.45) is 0 Å². The number of rotatable bonds is 3. The van der Waals surface area contributed by atoms with Crippen molar-refractivity contribution >= 4 is 0 Å². The zero-order valence-electron chi connectivity index (χ0n) is 8.29. The van der Waals surface area contributed by atoms with Crippen molar-refractivity contribution in [3.63, 3.8) is 0 Å². The van der Waals surface area contributed by atoms with Crippen LogP contribution < -0.4 is 5.32 Å². The molecule has 1 fully saturated rings. The molecular weight excluding hydrogens is 162 g/mol. The second-order valence-corrected chi connectivity index (χ2v) is 3.98. The van der Waals surface area contributed by atoms with Crippen LogP contribution in [0.5, 0.6) is 0 Å². The Labute approximate surface area is 80.7 Å². The molecule has 0 amide bonds. The van der Waals surface area contributed by atoms with Gasteiger partial charge in [-0.15, -0.1) is 12.3 Å².